The number of methoxy groups -OCH3 is 1. The number of thioether (sulfide) groups is 1. The van der Waals surface area contributed by atoms with E-state index in [9.17, 15) is 9.59 Å². The third kappa shape index (κ3) is 6.62. The van der Waals surface area contributed by atoms with Crippen molar-refractivity contribution in [3.63, 3.8) is 0 Å². The van der Waals surface area contributed by atoms with Crippen LogP contribution < -0.4 is 14.9 Å². The van der Waals surface area contributed by atoms with Crippen molar-refractivity contribution in [2.75, 3.05) is 12.9 Å². The average Bonchev–Trinajstić information content (AvgIpc) is 3.33. The van der Waals surface area contributed by atoms with Crippen LogP contribution in [-0.4, -0.2) is 45.7 Å². The molecule has 4 aromatic rings. The molecular weight excluding hydrogens is 490 g/mol. The Labute approximate surface area is 218 Å². The Morgan fingerprint density at radius 2 is 1.78 bits per heavy atom. The van der Waals surface area contributed by atoms with Gasteiger partial charge in [0.2, 0.25) is 0 Å². The molecule has 4 rings (SSSR count). The van der Waals surface area contributed by atoms with Crippen molar-refractivity contribution in [2.24, 2.45) is 5.10 Å². The monoisotopic (exact) mass is 515 g/mol. The van der Waals surface area contributed by atoms with Crippen LogP contribution in [0.1, 0.15) is 18.1 Å². The van der Waals surface area contributed by atoms with Gasteiger partial charge in [-0.25, -0.2) is 5.43 Å². The summed E-state index contributed by atoms with van der Waals surface area (Å²) in [7, 11) is 1.47. The van der Waals surface area contributed by atoms with Gasteiger partial charge in [0, 0.05) is 18.2 Å². The van der Waals surface area contributed by atoms with E-state index < -0.39 is 5.97 Å². The molecule has 0 radical (unpaired) electrons. The Bertz CT molecular complexity index is 1420. The zero-order valence-corrected chi connectivity index (χ0v) is 21.4. The summed E-state index contributed by atoms with van der Waals surface area (Å²) in [6.45, 7) is 3.34. The molecule has 0 atom stereocenters. The van der Waals surface area contributed by atoms with Gasteiger partial charge in [0.25, 0.3) is 5.91 Å². The summed E-state index contributed by atoms with van der Waals surface area (Å²) in [5, 5.41) is 13.3. The maximum Gasteiger partial charge on any atom is 0.308 e. The summed E-state index contributed by atoms with van der Waals surface area (Å²) in [5.74, 6) is 0.718. The van der Waals surface area contributed by atoms with E-state index in [-0.39, 0.29) is 11.7 Å². The fourth-order valence-corrected chi connectivity index (χ4v) is 4.15. The Kier molecular flexibility index (Phi) is 8.32. The van der Waals surface area contributed by atoms with Crippen LogP contribution in [0.5, 0.6) is 11.5 Å². The normalized spacial score (nSPS) is 10.9. The SMILES string of the molecule is COc1cc(/C=N\NC(=O)CSc2nnc(-c3ccccc3)n2-c2ccc(C)cc2)ccc1OC(C)=O. The number of benzene rings is 3. The molecule has 1 heterocycles. The fourth-order valence-electron chi connectivity index (χ4n) is 3.41. The lowest BCUT2D eigenvalue weighted by Crippen LogP contribution is -2.20. The number of aromatic nitrogens is 3. The maximum absolute atomic E-state index is 12.5. The van der Waals surface area contributed by atoms with E-state index in [4.69, 9.17) is 9.47 Å². The van der Waals surface area contributed by atoms with Crippen LogP contribution in [0.2, 0.25) is 0 Å². The van der Waals surface area contributed by atoms with E-state index in [0.717, 1.165) is 16.8 Å². The first-order valence-corrected chi connectivity index (χ1v) is 12.3. The molecule has 0 aliphatic heterocycles. The molecule has 188 valence electrons. The fraction of sp³-hybridized carbons (Fsp3) is 0.148. The van der Waals surface area contributed by atoms with Gasteiger partial charge in [0.15, 0.2) is 22.5 Å². The van der Waals surface area contributed by atoms with Gasteiger partial charge in [-0.1, -0.05) is 59.8 Å². The zero-order valence-electron chi connectivity index (χ0n) is 20.5. The highest BCUT2D eigenvalue weighted by molar-refractivity contribution is 7.99. The molecule has 37 heavy (non-hydrogen) atoms. The number of aryl methyl sites for hydroxylation is 1. The number of nitrogens with zero attached hydrogens (tertiary/aromatic N) is 4. The lowest BCUT2D eigenvalue weighted by Gasteiger charge is -2.10. The molecule has 0 bridgehead atoms. The second-order valence-corrected chi connectivity index (χ2v) is 8.87. The Morgan fingerprint density at radius 3 is 2.49 bits per heavy atom. The maximum atomic E-state index is 12.5. The molecule has 3 aromatic carbocycles. The number of rotatable bonds is 9. The van der Waals surface area contributed by atoms with Crippen LogP contribution in [0.15, 0.2) is 83.1 Å². The van der Waals surface area contributed by atoms with Gasteiger partial charge in [0.1, 0.15) is 0 Å². The van der Waals surface area contributed by atoms with Crippen molar-refractivity contribution < 1.29 is 19.1 Å². The number of ether oxygens (including phenoxy) is 2. The summed E-state index contributed by atoms with van der Waals surface area (Å²) in [4.78, 5) is 23.7. The highest BCUT2D eigenvalue weighted by Crippen LogP contribution is 2.29. The molecule has 0 spiro atoms. The van der Waals surface area contributed by atoms with E-state index in [0.29, 0.717) is 28.0 Å². The van der Waals surface area contributed by atoms with Crippen molar-refractivity contribution in [3.8, 4) is 28.6 Å². The molecule has 0 unspecified atom stereocenters. The second-order valence-electron chi connectivity index (χ2n) is 7.93. The minimum absolute atomic E-state index is 0.0881. The smallest absolute Gasteiger partial charge is 0.308 e. The van der Waals surface area contributed by atoms with Crippen LogP contribution >= 0.6 is 11.8 Å². The van der Waals surface area contributed by atoms with Crippen LogP contribution in [0, 0.1) is 6.92 Å². The predicted molar refractivity (Wildman–Crippen MR) is 142 cm³/mol. The van der Waals surface area contributed by atoms with Gasteiger partial charge < -0.3 is 9.47 Å². The number of hydrogen-bond acceptors (Lipinski definition) is 8. The largest absolute Gasteiger partial charge is 0.493 e. The zero-order chi connectivity index (χ0) is 26.2. The van der Waals surface area contributed by atoms with E-state index in [1.54, 1.807) is 18.2 Å². The van der Waals surface area contributed by atoms with Crippen molar-refractivity contribution in [1.29, 1.82) is 0 Å². The number of nitrogens with one attached hydrogen (secondary N) is 1. The Balaban J connectivity index is 1.45. The first-order chi connectivity index (χ1) is 17.9. The van der Waals surface area contributed by atoms with Crippen LogP contribution in [0.4, 0.5) is 0 Å². The number of hydrogen-bond donors (Lipinski definition) is 1. The molecule has 0 aliphatic rings. The summed E-state index contributed by atoms with van der Waals surface area (Å²) < 4.78 is 12.3. The van der Waals surface area contributed by atoms with E-state index in [1.807, 2.05) is 66.1 Å². The van der Waals surface area contributed by atoms with Gasteiger partial charge in [-0.2, -0.15) is 5.10 Å². The number of carbonyl (C=O) groups excluding carboxylic acids is 2. The van der Waals surface area contributed by atoms with Gasteiger partial charge in [-0.05, 0) is 42.8 Å². The number of esters is 1. The number of amides is 1. The van der Waals surface area contributed by atoms with E-state index in [2.05, 4.69) is 20.7 Å². The summed E-state index contributed by atoms with van der Waals surface area (Å²) in [6, 6.07) is 22.8. The first kappa shape index (κ1) is 25.6. The van der Waals surface area contributed by atoms with E-state index >= 15 is 0 Å². The second kappa shape index (κ2) is 12.0. The molecule has 9 nitrogen and oxygen atoms in total. The third-order valence-electron chi connectivity index (χ3n) is 5.13. The molecule has 0 fully saturated rings. The van der Waals surface area contributed by atoms with Crippen LogP contribution in [-0.2, 0) is 9.59 Å². The molecule has 1 amide bonds. The average molecular weight is 516 g/mol. The highest BCUT2D eigenvalue weighted by Gasteiger charge is 2.17. The minimum atomic E-state index is -0.446. The number of carbonyl (C=O) groups is 2. The quantitative estimate of drug-likeness (QED) is 0.116. The molecular formula is C27H25N5O4S. The lowest BCUT2D eigenvalue weighted by atomic mass is 10.2. The highest BCUT2D eigenvalue weighted by atomic mass is 32.2. The molecule has 10 heteroatoms. The lowest BCUT2D eigenvalue weighted by molar-refractivity contribution is -0.132. The molecule has 1 N–H and O–H groups in total. The minimum Gasteiger partial charge on any atom is -0.493 e. The van der Waals surface area contributed by atoms with Crippen molar-refractivity contribution in [3.05, 3.63) is 83.9 Å². The molecule has 0 saturated carbocycles. The predicted octanol–water partition coefficient (Wildman–Crippen LogP) is 4.42. The summed E-state index contributed by atoms with van der Waals surface area (Å²) in [5.41, 5.74) is 6.15. The van der Waals surface area contributed by atoms with Gasteiger partial charge in [-0.15, -0.1) is 10.2 Å². The Hall–Kier alpha value is -4.44. The van der Waals surface area contributed by atoms with Crippen molar-refractivity contribution in [1.82, 2.24) is 20.2 Å². The first-order valence-electron chi connectivity index (χ1n) is 11.3. The standard InChI is InChI=1S/C27H25N5O4S/c1-18-9-12-22(13-10-18)32-26(21-7-5-4-6-8-21)30-31-27(32)37-17-25(34)29-28-16-20-11-14-23(36-19(2)33)24(15-20)35-3/h4-16H,17H2,1-3H3,(H,29,34)/b28-16-. The van der Waals surface area contributed by atoms with Crippen molar-refractivity contribution in [2.45, 2.75) is 19.0 Å². The summed E-state index contributed by atoms with van der Waals surface area (Å²) >= 11 is 1.26. The number of hydrazone groups is 1. The molecule has 0 saturated heterocycles. The Morgan fingerprint density at radius 1 is 1.03 bits per heavy atom. The third-order valence-corrected chi connectivity index (χ3v) is 6.06. The van der Waals surface area contributed by atoms with E-state index in [1.165, 1.54) is 32.0 Å². The van der Waals surface area contributed by atoms with Gasteiger partial charge in [-0.3, -0.25) is 14.2 Å². The van der Waals surface area contributed by atoms with Crippen LogP contribution in [0.25, 0.3) is 17.1 Å². The van der Waals surface area contributed by atoms with Crippen LogP contribution in [0.3, 0.4) is 0 Å². The van der Waals surface area contributed by atoms with Gasteiger partial charge >= 0.3 is 5.97 Å². The topological polar surface area (TPSA) is 108 Å². The molecule has 0 aliphatic carbocycles. The molecule has 1 aromatic heterocycles. The summed E-state index contributed by atoms with van der Waals surface area (Å²) in [6.07, 6.45) is 1.48. The van der Waals surface area contributed by atoms with Gasteiger partial charge in [0.05, 0.1) is 19.1 Å². The van der Waals surface area contributed by atoms with Crippen molar-refractivity contribution >= 4 is 29.9 Å².